The van der Waals surface area contributed by atoms with Crippen molar-refractivity contribution < 1.29 is 9.90 Å². The maximum Gasteiger partial charge on any atom is 0.156 e. The molecule has 2 nitrogen and oxygen atoms in total. The van der Waals surface area contributed by atoms with Crippen LogP contribution in [0, 0.1) is 17.3 Å². The normalized spacial score (nSPS) is 45.1. The van der Waals surface area contributed by atoms with Crippen molar-refractivity contribution in [3.63, 3.8) is 0 Å². The zero-order chi connectivity index (χ0) is 14.8. The van der Waals surface area contributed by atoms with E-state index < -0.39 is 5.60 Å². The van der Waals surface area contributed by atoms with Crippen LogP contribution >= 0.6 is 0 Å². The number of rotatable bonds is 0. The van der Waals surface area contributed by atoms with Gasteiger partial charge in [0.2, 0.25) is 0 Å². The Morgan fingerprint density at radius 3 is 2.81 bits per heavy atom. The molecule has 0 aromatic carbocycles. The largest absolute Gasteiger partial charge is 0.389 e. The lowest BCUT2D eigenvalue weighted by molar-refractivity contribution is -0.114. The molecule has 0 radical (unpaired) electrons. The van der Waals surface area contributed by atoms with Crippen molar-refractivity contribution in [2.24, 2.45) is 17.3 Å². The molecule has 0 aromatic heterocycles. The number of hydrogen-bond donors (Lipinski definition) is 1. The van der Waals surface area contributed by atoms with E-state index in [1.165, 1.54) is 16.7 Å². The van der Waals surface area contributed by atoms with Gasteiger partial charge >= 0.3 is 0 Å². The van der Waals surface area contributed by atoms with Gasteiger partial charge in [-0.3, -0.25) is 4.79 Å². The molecule has 0 aromatic rings. The number of carbonyl (C=O) groups excluding carboxylic acids is 1. The molecule has 0 amide bonds. The van der Waals surface area contributed by atoms with E-state index in [0.29, 0.717) is 24.0 Å². The highest BCUT2D eigenvalue weighted by Crippen LogP contribution is 2.60. The first-order valence-electron chi connectivity index (χ1n) is 8.31. The van der Waals surface area contributed by atoms with Crippen molar-refractivity contribution in [2.75, 3.05) is 0 Å². The van der Waals surface area contributed by atoms with Gasteiger partial charge in [0.25, 0.3) is 0 Å². The molecule has 0 aliphatic heterocycles. The predicted octanol–water partition coefficient (Wildman–Crippen LogP) is 3.72. The molecule has 4 rings (SSSR count). The third kappa shape index (κ3) is 1.72. The van der Waals surface area contributed by atoms with Gasteiger partial charge in [-0.05, 0) is 73.7 Å². The summed E-state index contributed by atoms with van der Waals surface area (Å²) in [6.07, 6.45) is 12.2. The molecular weight excluding hydrogens is 260 g/mol. The Balaban J connectivity index is 1.83. The van der Waals surface area contributed by atoms with Crippen LogP contribution < -0.4 is 0 Å². The van der Waals surface area contributed by atoms with Gasteiger partial charge in [-0.2, -0.15) is 0 Å². The summed E-state index contributed by atoms with van der Waals surface area (Å²) in [4.78, 5) is 11.6. The van der Waals surface area contributed by atoms with Crippen LogP contribution in [0.4, 0.5) is 0 Å². The van der Waals surface area contributed by atoms with E-state index in [9.17, 15) is 9.90 Å². The van der Waals surface area contributed by atoms with E-state index in [1.807, 2.05) is 13.0 Å². The van der Waals surface area contributed by atoms with E-state index in [0.717, 1.165) is 32.1 Å². The Bertz CT molecular complexity index is 605. The summed E-state index contributed by atoms with van der Waals surface area (Å²) in [5.41, 5.74) is 3.53. The van der Waals surface area contributed by atoms with Crippen LogP contribution in [0.3, 0.4) is 0 Å². The summed E-state index contributed by atoms with van der Waals surface area (Å²) in [5, 5.41) is 10.8. The number of hydrogen-bond acceptors (Lipinski definition) is 2. The van der Waals surface area contributed by atoms with Crippen molar-refractivity contribution in [3.8, 4) is 0 Å². The highest BCUT2D eigenvalue weighted by molar-refractivity contribution is 5.93. The molecule has 4 atom stereocenters. The van der Waals surface area contributed by atoms with Gasteiger partial charge in [0.1, 0.15) is 0 Å². The molecule has 4 aliphatic rings. The molecule has 112 valence electrons. The van der Waals surface area contributed by atoms with Gasteiger partial charge in [-0.25, -0.2) is 0 Å². The van der Waals surface area contributed by atoms with Crippen molar-refractivity contribution >= 4 is 5.78 Å². The predicted molar refractivity (Wildman–Crippen MR) is 82.7 cm³/mol. The van der Waals surface area contributed by atoms with Crippen LogP contribution in [-0.4, -0.2) is 16.5 Å². The van der Waals surface area contributed by atoms with Crippen LogP contribution in [0.5, 0.6) is 0 Å². The average Bonchev–Trinajstić information content (AvgIpc) is 2.69. The molecule has 0 saturated heterocycles. The van der Waals surface area contributed by atoms with E-state index >= 15 is 0 Å². The summed E-state index contributed by atoms with van der Waals surface area (Å²) in [6, 6.07) is 0. The fourth-order valence-corrected chi connectivity index (χ4v) is 5.24. The quantitative estimate of drug-likeness (QED) is 0.736. The summed E-state index contributed by atoms with van der Waals surface area (Å²) < 4.78 is 0. The third-order valence-electron chi connectivity index (χ3n) is 6.78. The van der Waals surface area contributed by atoms with Crippen LogP contribution in [0.15, 0.2) is 34.9 Å². The topological polar surface area (TPSA) is 37.3 Å². The van der Waals surface area contributed by atoms with Gasteiger partial charge in [-0.15, -0.1) is 0 Å². The zero-order valence-electron chi connectivity index (χ0n) is 13.0. The number of carbonyl (C=O) groups is 1. The average molecular weight is 284 g/mol. The Morgan fingerprint density at radius 2 is 2.00 bits per heavy atom. The molecule has 0 heterocycles. The monoisotopic (exact) mass is 284 g/mol. The third-order valence-corrected chi connectivity index (χ3v) is 6.78. The molecule has 0 bridgehead atoms. The summed E-state index contributed by atoms with van der Waals surface area (Å²) in [7, 11) is 0. The highest BCUT2D eigenvalue weighted by Gasteiger charge is 2.56. The zero-order valence-corrected chi connectivity index (χ0v) is 13.0. The van der Waals surface area contributed by atoms with E-state index in [4.69, 9.17) is 0 Å². The molecular formula is C19H24O2. The van der Waals surface area contributed by atoms with E-state index in [2.05, 4.69) is 19.1 Å². The van der Waals surface area contributed by atoms with Crippen molar-refractivity contribution in [2.45, 2.75) is 58.0 Å². The summed E-state index contributed by atoms with van der Waals surface area (Å²) in [5.74, 6) is 1.43. The van der Waals surface area contributed by atoms with Gasteiger partial charge in [0, 0.05) is 11.8 Å². The smallest absolute Gasteiger partial charge is 0.156 e. The first-order chi connectivity index (χ1) is 9.92. The molecule has 0 unspecified atom stereocenters. The number of ketones is 1. The fraction of sp³-hybridized carbons (Fsp3) is 0.632. The Kier molecular flexibility index (Phi) is 2.70. The SMILES string of the molecule is C[C@]12C=CC3=C4CCC(=O)C=C4CC[C@H]3[C@@H]1CC[C@@]2(C)O. The minimum atomic E-state index is -0.580. The Labute approximate surface area is 126 Å². The minimum absolute atomic E-state index is 0.0899. The number of allylic oxidation sites excluding steroid dienone is 5. The fourth-order valence-electron chi connectivity index (χ4n) is 5.24. The summed E-state index contributed by atoms with van der Waals surface area (Å²) >= 11 is 0. The lowest BCUT2D eigenvalue weighted by Gasteiger charge is -2.47. The second-order valence-corrected chi connectivity index (χ2v) is 7.75. The number of aliphatic hydroxyl groups is 1. The molecule has 21 heavy (non-hydrogen) atoms. The minimum Gasteiger partial charge on any atom is -0.389 e. The van der Waals surface area contributed by atoms with Gasteiger partial charge in [-0.1, -0.05) is 19.1 Å². The van der Waals surface area contributed by atoms with Crippen LogP contribution in [0.2, 0.25) is 0 Å². The van der Waals surface area contributed by atoms with Crippen molar-refractivity contribution in [1.29, 1.82) is 0 Å². The van der Waals surface area contributed by atoms with E-state index in [1.54, 1.807) is 0 Å². The molecule has 1 saturated carbocycles. The molecule has 4 aliphatic carbocycles. The maximum absolute atomic E-state index is 11.6. The molecule has 1 N–H and O–H groups in total. The standard InChI is InChI=1S/C19H24O2/c1-18-9-7-15-14-6-4-13(20)11-12(14)3-5-16(15)17(18)8-10-19(18,2)21/h7,9,11,16-17,21H,3-6,8,10H2,1-2H3/t16-,17+,18+,19-/m1/s1. The molecule has 1 fully saturated rings. The van der Waals surface area contributed by atoms with Crippen molar-refractivity contribution in [1.82, 2.24) is 0 Å². The van der Waals surface area contributed by atoms with Crippen LogP contribution in [-0.2, 0) is 4.79 Å². The van der Waals surface area contributed by atoms with Gasteiger partial charge in [0.15, 0.2) is 5.78 Å². The van der Waals surface area contributed by atoms with E-state index in [-0.39, 0.29) is 5.41 Å². The lowest BCUT2D eigenvalue weighted by atomic mass is 9.58. The van der Waals surface area contributed by atoms with Crippen LogP contribution in [0.1, 0.15) is 52.4 Å². The molecule has 0 spiro atoms. The first-order valence-corrected chi connectivity index (χ1v) is 8.31. The summed E-state index contributed by atoms with van der Waals surface area (Å²) in [6.45, 7) is 4.24. The van der Waals surface area contributed by atoms with Crippen LogP contribution in [0.25, 0.3) is 0 Å². The Hall–Kier alpha value is -1.15. The molecule has 2 heteroatoms. The maximum atomic E-state index is 11.6. The van der Waals surface area contributed by atoms with Crippen molar-refractivity contribution in [3.05, 3.63) is 34.9 Å². The first kappa shape index (κ1) is 13.5. The highest BCUT2D eigenvalue weighted by atomic mass is 16.3. The second-order valence-electron chi connectivity index (χ2n) is 7.75. The van der Waals surface area contributed by atoms with Gasteiger partial charge < -0.3 is 5.11 Å². The second kappa shape index (κ2) is 4.19. The Morgan fingerprint density at radius 1 is 1.19 bits per heavy atom. The van der Waals surface area contributed by atoms with Gasteiger partial charge in [0.05, 0.1) is 5.60 Å². The lowest BCUT2D eigenvalue weighted by Crippen LogP contribution is -2.45. The number of fused-ring (bicyclic) bond motifs is 4.